The van der Waals surface area contributed by atoms with Gasteiger partial charge in [-0.25, -0.2) is 5.01 Å². The van der Waals surface area contributed by atoms with Crippen molar-refractivity contribution in [2.45, 2.75) is 32.1 Å². The lowest BCUT2D eigenvalue weighted by Crippen LogP contribution is -2.54. The highest BCUT2D eigenvalue weighted by atomic mass is 16.2. The summed E-state index contributed by atoms with van der Waals surface area (Å²) >= 11 is 0. The maximum atomic E-state index is 12.3. The number of hydrogen-bond donors (Lipinski definition) is 2. The predicted octanol–water partition coefficient (Wildman–Crippen LogP) is 0.420. The summed E-state index contributed by atoms with van der Waals surface area (Å²) in [6.07, 6.45) is 5.55. The molecule has 0 aromatic heterocycles. The molecule has 110 valence electrons. The highest BCUT2D eigenvalue weighted by Crippen LogP contribution is 2.30. The van der Waals surface area contributed by atoms with Gasteiger partial charge in [0.25, 0.3) is 0 Å². The fourth-order valence-corrected chi connectivity index (χ4v) is 3.19. The average Bonchev–Trinajstić information content (AvgIpc) is 2.42. The summed E-state index contributed by atoms with van der Waals surface area (Å²) in [6, 6.07) is 0. The van der Waals surface area contributed by atoms with Crippen LogP contribution in [0.3, 0.4) is 0 Å². The van der Waals surface area contributed by atoms with Crippen molar-refractivity contribution in [1.82, 2.24) is 15.3 Å². The Morgan fingerprint density at radius 1 is 1.26 bits per heavy atom. The van der Waals surface area contributed by atoms with Gasteiger partial charge in [-0.1, -0.05) is 12.8 Å². The monoisotopic (exact) mass is 268 g/mol. The molecular weight excluding hydrogens is 240 g/mol. The number of rotatable bonds is 4. The van der Waals surface area contributed by atoms with Crippen LogP contribution in [0.15, 0.2) is 0 Å². The van der Waals surface area contributed by atoms with E-state index in [9.17, 15) is 4.79 Å². The van der Waals surface area contributed by atoms with Crippen molar-refractivity contribution in [3.63, 3.8) is 0 Å². The van der Waals surface area contributed by atoms with E-state index in [0.717, 1.165) is 52.0 Å². The number of hydrogen-bond acceptors (Lipinski definition) is 4. The van der Waals surface area contributed by atoms with E-state index in [2.05, 4.69) is 22.4 Å². The highest BCUT2D eigenvalue weighted by molar-refractivity contribution is 5.78. The van der Waals surface area contributed by atoms with Gasteiger partial charge in [0.2, 0.25) is 5.91 Å². The van der Waals surface area contributed by atoms with Crippen LogP contribution in [0.1, 0.15) is 32.1 Å². The number of carbonyl (C=O) groups is 1. The van der Waals surface area contributed by atoms with E-state index in [1.807, 2.05) is 0 Å². The van der Waals surface area contributed by atoms with Gasteiger partial charge in [0.1, 0.15) is 0 Å². The molecule has 0 bridgehead atoms. The van der Waals surface area contributed by atoms with Crippen LogP contribution >= 0.6 is 0 Å². The summed E-state index contributed by atoms with van der Waals surface area (Å²) in [5.74, 6) is 1.08. The molecule has 3 N–H and O–H groups in total. The van der Waals surface area contributed by atoms with E-state index in [-0.39, 0.29) is 11.8 Å². The van der Waals surface area contributed by atoms with E-state index in [1.165, 1.54) is 12.8 Å². The third-order valence-electron chi connectivity index (χ3n) is 4.50. The molecular formula is C14H28N4O. The van der Waals surface area contributed by atoms with Crippen LogP contribution in [0, 0.1) is 11.8 Å². The molecule has 2 rings (SSSR count). The Hall–Kier alpha value is -0.650. The summed E-state index contributed by atoms with van der Waals surface area (Å²) in [4.78, 5) is 14.6. The Morgan fingerprint density at radius 3 is 2.68 bits per heavy atom. The van der Waals surface area contributed by atoms with Gasteiger partial charge >= 0.3 is 0 Å². The lowest BCUT2D eigenvalue weighted by molar-refractivity contribution is -0.132. The molecule has 2 unspecified atom stereocenters. The molecule has 1 aliphatic heterocycles. The Balaban J connectivity index is 1.76. The van der Waals surface area contributed by atoms with Crippen LogP contribution in [-0.2, 0) is 4.79 Å². The second-order valence-corrected chi connectivity index (χ2v) is 6.07. The Labute approximate surface area is 116 Å². The van der Waals surface area contributed by atoms with Gasteiger partial charge in [-0.3, -0.25) is 10.2 Å². The lowest BCUT2D eigenvalue weighted by atomic mass is 9.79. The Kier molecular flexibility index (Phi) is 5.60. The third-order valence-corrected chi connectivity index (χ3v) is 4.50. The zero-order valence-corrected chi connectivity index (χ0v) is 12.1. The van der Waals surface area contributed by atoms with Crippen molar-refractivity contribution in [3.8, 4) is 0 Å². The van der Waals surface area contributed by atoms with E-state index >= 15 is 0 Å². The minimum absolute atomic E-state index is 0.199. The molecule has 2 fully saturated rings. The highest BCUT2D eigenvalue weighted by Gasteiger charge is 2.28. The number of nitrogens with one attached hydrogen (secondary N) is 1. The molecule has 0 spiro atoms. The van der Waals surface area contributed by atoms with Crippen molar-refractivity contribution in [3.05, 3.63) is 0 Å². The molecule has 0 aromatic rings. The number of nitrogens with two attached hydrogens (primary N) is 1. The lowest BCUT2D eigenvalue weighted by Gasteiger charge is -2.34. The normalized spacial score (nSPS) is 30.2. The number of hydrazine groups is 1. The van der Waals surface area contributed by atoms with Crippen molar-refractivity contribution < 1.29 is 4.79 Å². The first-order valence-electron chi connectivity index (χ1n) is 7.63. The zero-order valence-electron chi connectivity index (χ0n) is 12.1. The maximum Gasteiger partial charge on any atom is 0.237 e. The molecule has 2 aliphatic rings. The van der Waals surface area contributed by atoms with Gasteiger partial charge in [-0.05, 0) is 38.8 Å². The number of likely N-dealkylation sites (N-methyl/N-ethyl adjacent to an activating group) is 1. The van der Waals surface area contributed by atoms with Gasteiger partial charge in [-0.2, -0.15) is 0 Å². The van der Waals surface area contributed by atoms with E-state index in [4.69, 9.17) is 5.73 Å². The standard InChI is InChI=1S/C14H28N4O/c1-17-7-9-18(10-8-17)16-14(19)13-4-2-3-12(11-13)5-6-15/h12-13H,2-11,15H2,1H3,(H,16,19). The fourth-order valence-electron chi connectivity index (χ4n) is 3.19. The molecule has 5 heteroatoms. The van der Waals surface area contributed by atoms with Gasteiger partial charge in [-0.15, -0.1) is 0 Å². The predicted molar refractivity (Wildman–Crippen MR) is 76.3 cm³/mol. The number of carbonyl (C=O) groups excluding carboxylic acids is 1. The van der Waals surface area contributed by atoms with Crippen LogP contribution in [-0.4, -0.2) is 55.6 Å². The number of amides is 1. The summed E-state index contributed by atoms with van der Waals surface area (Å²) in [7, 11) is 2.12. The summed E-state index contributed by atoms with van der Waals surface area (Å²) in [5, 5.41) is 2.08. The molecule has 1 aliphatic carbocycles. The minimum Gasteiger partial charge on any atom is -0.330 e. The van der Waals surface area contributed by atoms with E-state index in [0.29, 0.717) is 5.92 Å². The molecule has 19 heavy (non-hydrogen) atoms. The van der Waals surface area contributed by atoms with Crippen LogP contribution < -0.4 is 11.2 Å². The molecule has 0 radical (unpaired) electrons. The van der Waals surface area contributed by atoms with Gasteiger partial charge in [0, 0.05) is 32.1 Å². The Bertz CT molecular complexity index is 287. The second kappa shape index (κ2) is 7.22. The molecule has 2 atom stereocenters. The summed E-state index contributed by atoms with van der Waals surface area (Å²) in [5.41, 5.74) is 8.74. The van der Waals surface area contributed by atoms with Gasteiger partial charge in [0.15, 0.2) is 0 Å². The van der Waals surface area contributed by atoms with Crippen LogP contribution in [0.5, 0.6) is 0 Å². The molecule has 5 nitrogen and oxygen atoms in total. The molecule has 0 aromatic carbocycles. The minimum atomic E-state index is 0.199. The molecule has 1 amide bonds. The van der Waals surface area contributed by atoms with Crippen LogP contribution in [0.2, 0.25) is 0 Å². The smallest absolute Gasteiger partial charge is 0.237 e. The second-order valence-electron chi connectivity index (χ2n) is 6.07. The van der Waals surface area contributed by atoms with Crippen molar-refractivity contribution in [1.29, 1.82) is 0 Å². The van der Waals surface area contributed by atoms with Crippen molar-refractivity contribution in [2.24, 2.45) is 17.6 Å². The SMILES string of the molecule is CN1CCN(NC(=O)C2CCCC(CCN)C2)CC1. The maximum absolute atomic E-state index is 12.3. The van der Waals surface area contributed by atoms with Crippen LogP contribution in [0.25, 0.3) is 0 Å². The molecule has 1 saturated heterocycles. The quantitative estimate of drug-likeness (QED) is 0.776. The van der Waals surface area contributed by atoms with E-state index < -0.39 is 0 Å². The summed E-state index contributed by atoms with van der Waals surface area (Å²) < 4.78 is 0. The topological polar surface area (TPSA) is 61.6 Å². The van der Waals surface area contributed by atoms with Gasteiger partial charge in [0.05, 0.1) is 0 Å². The number of nitrogens with zero attached hydrogens (tertiary/aromatic N) is 2. The first-order chi connectivity index (χ1) is 9.19. The Morgan fingerprint density at radius 2 is 2.00 bits per heavy atom. The molecule has 1 heterocycles. The van der Waals surface area contributed by atoms with E-state index in [1.54, 1.807) is 0 Å². The third kappa shape index (κ3) is 4.44. The van der Waals surface area contributed by atoms with Crippen molar-refractivity contribution >= 4 is 5.91 Å². The fraction of sp³-hybridized carbons (Fsp3) is 0.929. The average molecular weight is 268 g/mol. The number of piperazine rings is 1. The first-order valence-corrected chi connectivity index (χ1v) is 7.63. The largest absolute Gasteiger partial charge is 0.330 e. The van der Waals surface area contributed by atoms with Crippen molar-refractivity contribution in [2.75, 3.05) is 39.8 Å². The summed E-state index contributed by atoms with van der Waals surface area (Å²) in [6.45, 7) is 4.67. The molecule has 1 saturated carbocycles. The van der Waals surface area contributed by atoms with Crippen LogP contribution in [0.4, 0.5) is 0 Å². The first kappa shape index (κ1) is 14.8. The van der Waals surface area contributed by atoms with Gasteiger partial charge < -0.3 is 10.6 Å². The zero-order chi connectivity index (χ0) is 13.7.